The van der Waals surface area contributed by atoms with Crippen molar-refractivity contribution >= 4 is 0 Å². The average molecular weight is 513 g/mol. The number of hydrogen-bond donors (Lipinski definition) is 1. The molecule has 5 rings (SSSR count). The minimum absolute atomic E-state index is 0.0399. The molecular formula is C31H23F3N2O2. The van der Waals surface area contributed by atoms with E-state index in [-0.39, 0.29) is 5.75 Å². The number of rotatable bonds is 5. The zero-order valence-corrected chi connectivity index (χ0v) is 20.6. The third-order valence-electron chi connectivity index (χ3n) is 6.23. The Morgan fingerprint density at radius 3 is 1.63 bits per heavy atom. The molecule has 1 heterocycles. The third kappa shape index (κ3) is 4.95. The van der Waals surface area contributed by atoms with E-state index in [1.807, 2.05) is 43.3 Å². The maximum absolute atomic E-state index is 13.3. The van der Waals surface area contributed by atoms with Crippen molar-refractivity contribution in [2.45, 2.75) is 13.1 Å². The normalized spacial score (nSPS) is 11.4. The van der Waals surface area contributed by atoms with Gasteiger partial charge >= 0.3 is 6.18 Å². The molecule has 7 heteroatoms. The van der Waals surface area contributed by atoms with Gasteiger partial charge in [-0.25, -0.2) is 9.97 Å². The highest BCUT2D eigenvalue weighted by atomic mass is 19.4. The van der Waals surface area contributed by atoms with E-state index in [1.165, 1.54) is 12.1 Å². The second-order valence-electron chi connectivity index (χ2n) is 8.80. The van der Waals surface area contributed by atoms with Gasteiger partial charge in [-0.05, 0) is 55.5 Å². The Morgan fingerprint density at radius 2 is 1.11 bits per heavy atom. The Morgan fingerprint density at radius 1 is 0.632 bits per heavy atom. The maximum atomic E-state index is 13.3. The Labute approximate surface area is 218 Å². The van der Waals surface area contributed by atoms with Crippen LogP contribution in [0.2, 0.25) is 0 Å². The number of nitrogens with zero attached hydrogens (tertiary/aromatic N) is 2. The fraction of sp³-hybridized carbons (Fsp3) is 0.0968. The van der Waals surface area contributed by atoms with Crippen LogP contribution in [0.15, 0.2) is 97.1 Å². The van der Waals surface area contributed by atoms with Crippen molar-refractivity contribution in [3.05, 3.63) is 108 Å². The van der Waals surface area contributed by atoms with E-state index in [1.54, 1.807) is 43.5 Å². The first-order chi connectivity index (χ1) is 18.2. The molecule has 0 radical (unpaired) electrons. The first kappa shape index (κ1) is 25.0. The van der Waals surface area contributed by atoms with Crippen molar-refractivity contribution in [1.29, 1.82) is 0 Å². The monoisotopic (exact) mass is 512 g/mol. The second kappa shape index (κ2) is 10.0. The molecule has 0 atom stereocenters. The molecule has 38 heavy (non-hydrogen) atoms. The lowest BCUT2D eigenvalue weighted by molar-refractivity contribution is -0.137. The molecule has 0 unspecified atom stereocenters. The number of ether oxygens (including phenoxy) is 1. The summed E-state index contributed by atoms with van der Waals surface area (Å²) in [6.07, 6.45) is -4.45. The maximum Gasteiger partial charge on any atom is 0.416 e. The topological polar surface area (TPSA) is 55.2 Å². The van der Waals surface area contributed by atoms with Crippen LogP contribution in [-0.2, 0) is 6.18 Å². The number of phenolic OH excluding ortho intramolecular Hbond substituents is 1. The van der Waals surface area contributed by atoms with Crippen molar-refractivity contribution in [3.63, 3.8) is 0 Å². The molecule has 190 valence electrons. The van der Waals surface area contributed by atoms with Gasteiger partial charge in [0.1, 0.15) is 17.2 Å². The van der Waals surface area contributed by atoms with E-state index in [0.717, 1.165) is 23.3 Å². The summed E-state index contributed by atoms with van der Waals surface area (Å²) in [4.78, 5) is 9.98. The van der Waals surface area contributed by atoms with Gasteiger partial charge < -0.3 is 9.84 Å². The predicted octanol–water partition coefficient (Wildman–Crippen LogP) is 8.19. The summed E-state index contributed by atoms with van der Waals surface area (Å²) in [5.41, 5.74) is 4.56. The van der Waals surface area contributed by atoms with Crippen molar-refractivity contribution in [1.82, 2.24) is 9.97 Å². The Bertz CT molecular complexity index is 1580. The van der Waals surface area contributed by atoms with E-state index in [4.69, 9.17) is 14.7 Å². The summed E-state index contributed by atoms with van der Waals surface area (Å²) in [5.74, 6) is 0.688. The summed E-state index contributed by atoms with van der Waals surface area (Å²) >= 11 is 0. The average Bonchev–Trinajstić information content (AvgIpc) is 2.93. The molecular weight excluding hydrogens is 489 g/mol. The van der Waals surface area contributed by atoms with E-state index in [2.05, 4.69) is 0 Å². The molecule has 0 amide bonds. The van der Waals surface area contributed by atoms with Crippen molar-refractivity contribution in [2.75, 3.05) is 7.11 Å². The van der Waals surface area contributed by atoms with Crippen LogP contribution in [0.1, 0.15) is 11.1 Å². The van der Waals surface area contributed by atoms with Gasteiger partial charge in [-0.15, -0.1) is 0 Å². The van der Waals surface area contributed by atoms with Crippen molar-refractivity contribution in [3.8, 4) is 56.5 Å². The molecule has 4 aromatic carbocycles. The van der Waals surface area contributed by atoms with Gasteiger partial charge in [-0.3, -0.25) is 0 Å². The fourth-order valence-corrected chi connectivity index (χ4v) is 4.18. The van der Waals surface area contributed by atoms with Gasteiger partial charge in [0.25, 0.3) is 0 Å². The summed E-state index contributed by atoms with van der Waals surface area (Å²) in [6.45, 7) is 1.97. The summed E-state index contributed by atoms with van der Waals surface area (Å²) in [6, 6.07) is 26.6. The van der Waals surface area contributed by atoms with Crippen LogP contribution in [0, 0.1) is 6.92 Å². The minimum atomic E-state index is -4.45. The van der Waals surface area contributed by atoms with Crippen LogP contribution in [0.5, 0.6) is 11.5 Å². The van der Waals surface area contributed by atoms with Crippen LogP contribution in [0.4, 0.5) is 13.2 Å². The number of hydrogen-bond acceptors (Lipinski definition) is 4. The lowest BCUT2D eigenvalue weighted by Crippen LogP contribution is -2.05. The molecule has 0 fully saturated rings. The molecule has 0 aliphatic carbocycles. The van der Waals surface area contributed by atoms with E-state index in [9.17, 15) is 18.3 Å². The summed E-state index contributed by atoms with van der Waals surface area (Å²) < 4.78 is 45.1. The molecule has 0 spiro atoms. The molecule has 1 aromatic heterocycles. The first-order valence-electron chi connectivity index (χ1n) is 11.8. The highest BCUT2D eigenvalue weighted by Crippen LogP contribution is 2.40. The Kier molecular flexibility index (Phi) is 6.59. The van der Waals surface area contributed by atoms with Gasteiger partial charge in [0.15, 0.2) is 0 Å². The predicted molar refractivity (Wildman–Crippen MR) is 142 cm³/mol. The van der Waals surface area contributed by atoms with Crippen LogP contribution in [0.25, 0.3) is 45.0 Å². The highest BCUT2D eigenvalue weighted by molar-refractivity contribution is 5.87. The minimum Gasteiger partial charge on any atom is -0.507 e. The van der Waals surface area contributed by atoms with Crippen LogP contribution >= 0.6 is 0 Å². The van der Waals surface area contributed by atoms with E-state index in [0.29, 0.717) is 45.2 Å². The number of halogens is 3. The molecule has 0 saturated carbocycles. The smallest absolute Gasteiger partial charge is 0.416 e. The number of methoxy groups -OCH3 is 1. The van der Waals surface area contributed by atoms with E-state index < -0.39 is 11.7 Å². The SMILES string of the molecule is COc1ccc(-c2nc(-c3ccccc3O)c(-c3ccc(C)cc3)nc2-c2ccc(C(F)(F)F)cc2)cc1. The molecule has 0 aliphatic heterocycles. The zero-order valence-electron chi connectivity index (χ0n) is 20.6. The van der Waals surface area contributed by atoms with E-state index >= 15 is 0 Å². The molecule has 5 aromatic rings. The highest BCUT2D eigenvalue weighted by Gasteiger charge is 2.30. The standard InChI is InChI=1S/C31H23F3N2O2/c1-19-7-9-20(10-8-19)29-30(25-5-3-4-6-26(25)37)36-28(22-13-17-24(38-2)18-14-22)27(35-29)21-11-15-23(16-12-21)31(32,33)34/h3-18,37H,1-2H3. The number of aromatic hydroxyl groups is 1. The second-order valence-corrected chi connectivity index (χ2v) is 8.80. The number of alkyl halides is 3. The van der Waals surface area contributed by atoms with Crippen molar-refractivity contribution < 1.29 is 23.0 Å². The molecule has 4 nitrogen and oxygen atoms in total. The molecule has 0 aliphatic rings. The van der Waals surface area contributed by atoms with Gasteiger partial charge in [-0.1, -0.05) is 54.1 Å². The van der Waals surface area contributed by atoms with Crippen molar-refractivity contribution in [2.24, 2.45) is 0 Å². The van der Waals surface area contributed by atoms with Gasteiger partial charge in [0.2, 0.25) is 0 Å². The number of aromatic nitrogens is 2. The third-order valence-corrected chi connectivity index (χ3v) is 6.23. The zero-order chi connectivity index (χ0) is 26.9. The molecule has 1 N–H and O–H groups in total. The number of phenols is 1. The van der Waals surface area contributed by atoms with Crippen LogP contribution in [-0.4, -0.2) is 22.2 Å². The summed E-state index contributed by atoms with van der Waals surface area (Å²) in [7, 11) is 1.56. The largest absolute Gasteiger partial charge is 0.507 e. The Hall–Kier alpha value is -4.65. The lowest BCUT2D eigenvalue weighted by atomic mass is 9.98. The van der Waals surface area contributed by atoms with Gasteiger partial charge in [-0.2, -0.15) is 13.2 Å². The van der Waals surface area contributed by atoms with Crippen LogP contribution < -0.4 is 4.74 Å². The van der Waals surface area contributed by atoms with Gasteiger partial charge in [0.05, 0.1) is 29.8 Å². The number of para-hydroxylation sites is 1. The quantitative estimate of drug-likeness (QED) is 0.258. The number of aryl methyl sites for hydroxylation is 1. The summed E-state index contributed by atoms with van der Waals surface area (Å²) in [5, 5.41) is 10.7. The molecule has 0 saturated heterocycles. The number of benzene rings is 4. The molecule has 0 bridgehead atoms. The fourth-order valence-electron chi connectivity index (χ4n) is 4.18. The first-order valence-corrected chi connectivity index (χ1v) is 11.8. The Balaban J connectivity index is 1.81. The van der Waals surface area contributed by atoms with Crippen LogP contribution in [0.3, 0.4) is 0 Å². The lowest BCUT2D eigenvalue weighted by Gasteiger charge is -2.17. The van der Waals surface area contributed by atoms with Gasteiger partial charge in [0, 0.05) is 22.3 Å².